The molecular formula is C23H30FN3O4S. The van der Waals surface area contributed by atoms with Crippen molar-refractivity contribution in [1.29, 1.82) is 0 Å². The number of nitrogens with one attached hydrogen (secondary N) is 1. The first-order valence-electron chi connectivity index (χ1n) is 10.4. The average molecular weight is 464 g/mol. The van der Waals surface area contributed by atoms with E-state index in [4.69, 9.17) is 0 Å². The molecule has 0 aliphatic carbocycles. The Bertz CT molecular complexity index is 1060. The summed E-state index contributed by atoms with van der Waals surface area (Å²) in [6.45, 7) is 5.47. The van der Waals surface area contributed by atoms with Crippen LogP contribution in [0.15, 0.2) is 48.5 Å². The summed E-state index contributed by atoms with van der Waals surface area (Å²) < 4.78 is 39.4. The Hall–Kier alpha value is -2.94. The molecule has 2 aromatic rings. The summed E-state index contributed by atoms with van der Waals surface area (Å²) >= 11 is 0. The van der Waals surface area contributed by atoms with Crippen LogP contribution in [0.1, 0.15) is 31.4 Å². The SMILES string of the molecule is CCCNC(=O)[C@@H](C)N(Cc1ccccc1C)C(=O)CN(c1cccc(F)c1)S(C)(=O)=O. The van der Waals surface area contributed by atoms with Crippen LogP contribution in [0.4, 0.5) is 10.1 Å². The maximum Gasteiger partial charge on any atom is 0.244 e. The first kappa shape index (κ1) is 25.3. The van der Waals surface area contributed by atoms with Crippen LogP contribution in [0.2, 0.25) is 0 Å². The molecule has 7 nitrogen and oxygen atoms in total. The summed E-state index contributed by atoms with van der Waals surface area (Å²) in [5, 5.41) is 2.78. The van der Waals surface area contributed by atoms with Crippen LogP contribution < -0.4 is 9.62 Å². The summed E-state index contributed by atoms with van der Waals surface area (Å²) in [5.74, 6) is -1.51. The van der Waals surface area contributed by atoms with Crippen LogP contribution in [-0.4, -0.2) is 50.5 Å². The van der Waals surface area contributed by atoms with Crippen molar-refractivity contribution in [2.45, 2.75) is 39.8 Å². The van der Waals surface area contributed by atoms with Crippen molar-refractivity contribution in [3.63, 3.8) is 0 Å². The van der Waals surface area contributed by atoms with Crippen molar-refractivity contribution < 1.29 is 22.4 Å². The second kappa shape index (κ2) is 11.1. The maximum atomic E-state index is 13.7. The van der Waals surface area contributed by atoms with E-state index in [9.17, 15) is 22.4 Å². The van der Waals surface area contributed by atoms with Crippen molar-refractivity contribution in [3.05, 3.63) is 65.5 Å². The van der Waals surface area contributed by atoms with Crippen molar-refractivity contribution >= 4 is 27.5 Å². The number of halogens is 1. The van der Waals surface area contributed by atoms with Gasteiger partial charge in [0.15, 0.2) is 0 Å². The van der Waals surface area contributed by atoms with Gasteiger partial charge in [0.1, 0.15) is 18.4 Å². The molecule has 0 aromatic heterocycles. The normalized spacial score (nSPS) is 12.2. The third kappa shape index (κ3) is 6.78. The molecule has 2 amide bonds. The summed E-state index contributed by atoms with van der Waals surface area (Å²) in [5.41, 5.74) is 1.82. The van der Waals surface area contributed by atoms with E-state index < -0.39 is 34.3 Å². The molecule has 0 saturated heterocycles. The lowest BCUT2D eigenvalue weighted by Gasteiger charge is -2.31. The first-order chi connectivity index (χ1) is 15.0. The van der Waals surface area contributed by atoms with Gasteiger partial charge in [-0.3, -0.25) is 13.9 Å². The van der Waals surface area contributed by atoms with E-state index in [0.29, 0.717) is 6.54 Å². The Kier molecular flexibility index (Phi) is 8.77. The fourth-order valence-electron chi connectivity index (χ4n) is 3.19. The molecule has 2 aromatic carbocycles. The predicted octanol–water partition coefficient (Wildman–Crippen LogP) is 2.84. The minimum Gasteiger partial charge on any atom is -0.354 e. The standard InChI is InChI=1S/C23H30FN3O4S/c1-5-13-25-23(29)18(3)26(15-19-10-7-6-9-17(19)2)22(28)16-27(32(4,30)31)21-12-8-11-20(24)14-21/h6-12,14,18H,5,13,15-16H2,1-4H3,(H,25,29)/t18-/m1/s1. The van der Waals surface area contributed by atoms with Crippen molar-refractivity contribution in [3.8, 4) is 0 Å². The van der Waals surface area contributed by atoms with Crippen LogP contribution in [0.25, 0.3) is 0 Å². The largest absolute Gasteiger partial charge is 0.354 e. The van der Waals surface area contributed by atoms with E-state index in [1.165, 1.54) is 23.1 Å². The maximum absolute atomic E-state index is 13.7. The molecule has 174 valence electrons. The van der Waals surface area contributed by atoms with Gasteiger partial charge >= 0.3 is 0 Å². The molecule has 0 radical (unpaired) electrons. The molecule has 1 N–H and O–H groups in total. The molecule has 0 aliphatic rings. The minimum absolute atomic E-state index is 0.0415. The number of hydrogen-bond donors (Lipinski definition) is 1. The number of benzene rings is 2. The third-order valence-electron chi connectivity index (χ3n) is 5.09. The van der Waals surface area contributed by atoms with Gasteiger partial charge < -0.3 is 10.2 Å². The van der Waals surface area contributed by atoms with E-state index in [1.807, 2.05) is 38.1 Å². The van der Waals surface area contributed by atoms with Gasteiger partial charge in [0, 0.05) is 13.1 Å². The summed E-state index contributed by atoms with van der Waals surface area (Å²) in [4.78, 5) is 27.3. The smallest absolute Gasteiger partial charge is 0.244 e. The van der Waals surface area contributed by atoms with Crippen molar-refractivity contribution in [2.75, 3.05) is 23.7 Å². The van der Waals surface area contributed by atoms with E-state index >= 15 is 0 Å². The van der Waals surface area contributed by atoms with Gasteiger partial charge in [0.2, 0.25) is 21.8 Å². The van der Waals surface area contributed by atoms with Gasteiger partial charge in [-0.25, -0.2) is 12.8 Å². The zero-order valence-corrected chi connectivity index (χ0v) is 19.7. The minimum atomic E-state index is -3.89. The van der Waals surface area contributed by atoms with Gasteiger partial charge in [-0.05, 0) is 49.6 Å². The number of rotatable bonds is 10. The number of hydrogen-bond acceptors (Lipinski definition) is 4. The Morgan fingerprint density at radius 3 is 2.41 bits per heavy atom. The van der Waals surface area contributed by atoms with Crippen LogP contribution in [-0.2, 0) is 26.2 Å². The molecule has 0 unspecified atom stereocenters. The Morgan fingerprint density at radius 2 is 1.81 bits per heavy atom. The molecule has 0 saturated carbocycles. The Balaban J connectivity index is 2.38. The Labute approximate surface area is 189 Å². The highest BCUT2D eigenvalue weighted by molar-refractivity contribution is 7.92. The van der Waals surface area contributed by atoms with Crippen LogP contribution in [0.3, 0.4) is 0 Å². The predicted molar refractivity (Wildman–Crippen MR) is 123 cm³/mol. The molecule has 0 fully saturated rings. The highest BCUT2D eigenvalue weighted by Crippen LogP contribution is 2.20. The fraction of sp³-hybridized carbons (Fsp3) is 0.391. The fourth-order valence-corrected chi connectivity index (χ4v) is 4.04. The molecule has 0 heterocycles. The first-order valence-corrected chi connectivity index (χ1v) is 12.2. The lowest BCUT2D eigenvalue weighted by Crippen LogP contribution is -2.51. The van der Waals surface area contributed by atoms with Crippen molar-refractivity contribution in [2.24, 2.45) is 0 Å². The summed E-state index contributed by atoms with van der Waals surface area (Å²) in [6.07, 6.45) is 1.69. The van der Waals surface area contributed by atoms with Crippen molar-refractivity contribution in [1.82, 2.24) is 10.2 Å². The van der Waals surface area contributed by atoms with Crippen LogP contribution >= 0.6 is 0 Å². The van der Waals surface area contributed by atoms with E-state index in [1.54, 1.807) is 6.92 Å². The second-order valence-electron chi connectivity index (χ2n) is 7.66. The zero-order valence-electron chi connectivity index (χ0n) is 18.8. The second-order valence-corrected chi connectivity index (χ2v) is 9.57. The molecule has 2 rings (SSSR count). The monoisotopic (exact) mass is 463 g/mol. The molecule has 32 heavy (non-hydrogen) atoms. The third-order valence-corrected chi connectivity index (χ3v) is 6.23. The molecule has 1 atom stereocenters. The van der Waals surface area contributed by atoms with Gasteiger partial charge in [0.05, 0.1) is 11.9 Å². The molecule has 0 bridgehead atoms. The van der Waals surface area contributed by atoms with Gasteiger partial charge in [0.25, 0.3) is 0 Å². The number of aryl methyl sites for hydroxylation is 1. The highest BCUT2D eigenvalue weighted by Gasteiger charge is 2.30. The number of amides is 2. The lowest BCUT2D eigenvalue weighted by molar-refractivity contribution is -0.139. The summed E-state index contributed by atoms with van der Waals surface area (Å²) in [7, 11) is -3.89. The molecular weight excluding hydrogens is 433 g/mol. The van der Waals surface area contributed by atoms with Crippen LogP contribution in [0, 0.1) is 12.7 Å². The number of carbonyl (C=O) groups is 2. The van der Waals surface area contributed by atoms with E-state index in [-0.39, 0.29) is 18.1 Å². The zero-order chi connectivity index (χ0) is 23.9. The number of nitrogens with zero attached hydrogens (tertiary/aromatic N) is 2. The number of sulfonamides is 1. The molecule has 0 aliphatic heterocycles. The topological polar surface area (TPSA) is 86.8 Å². The van der Waals surface area contributed by atoms with E-state index in [2.05, 4.69) is 5.32 Å². The highest BCUT2D eigenvalue weighted by atomic mass is 32.2. The summed E-state index contributed by atoms with van der Waals surface area (Å²) in [6, 6.07) is 11.7. The Morgan fingerprint density at radius 1 is 1.12 bits per heavy atom. The molecule has 9 heteroatoms. The quantitative estimate of drug-likeness (QED) is 0.587. The average Bonchev–Trinajstić information content (AvgIpc) is 2.73. The number of anilines is 1. The lowest BCUT2D eigenvalue weighted by atomic mass is 10.1. The van der Waals surface area contributed by atoms with Gasteiger partial charge in [-0.1, -0.05) is 37.3 Å². The van der Waals surface area contributed by atoms with Crippen LogP contribution in [0.5, 0.6) is 0 Å². The molecule has 0 spiro atoms. The van der Waals surface area contributed by atoms with E-state index in [0.717, 1.165) is 34.2 Å². The number of carbonyl (C=O) groups excluding carboxylic acids is 2. The van der Waals surface area contributed by atoms with Gasteiger partial charge in [-0.15, -0.1) is 0 Å². The van der Waals surface area contributed by atoms with Gasteiger partial charge in [-0.2, -0.15) is 0 Å².